The van der Waals surface area contributed by atoms with E-state index in [1.807, 2.05) is 65.4 Å². The number of aromatic nitrogens is 2. The summed E-state index contributed by atoms with van der Waals surface area (Å²) < 4.78 is 7.82. The summed E-state index contributed by atoms with van der Waals surface area (Å²) in [5.41, 5.74) is 3.33. The molecule has 0 N–H and O–H groups in total. The molecule has 0 spiro atoms. The average molecular weight is 527 g/mol. The zero-order valence-corrected chi connectivity index (χ0v) is 24.1. The summed E-state index contributed by atoms with van der Waals surface area (Å²) in [5.74, 6) is 0.205. The minimum atomic E-state index is -1.09. The van der Waals surface area contributed by atoms with Crippen LogP contribution in [0, 0.1) is 5.92 Å². The SMILES string of the molecule is CC(C)CN(C(=O)c1ccccc1Cl)c1cccc(N(C)Cc2cn(COCC[Si](C)(C)C)cn2)c1. The molecule has 1 amide bonds. The highest BCUT2D eigenvalue weighted by atomic mass is 35.5. The van der Waals surface area contributed by atoms with Gasteiger partial charge in [0, 0.05) is 45.8 Å². The molecule has 0 aliphatic rings. The number of carbonyl (C=O) groups excluding carboxylic acids is 1. The number of amides is 1. The predicted octanol–water partition coefficient (Wildman–Crippen LogP) is 6.79. The van der Waals surface area contributed by atoms with E-state index in [1.54, 1.807) is 12.1 Å². The van der Waals surface area contributed by atoms with Crippen molar-refractivity contribution in [3.8, 4) is 0 Å². The van der Waals surface area contributed by atoms with Crippen molar-refractivity contribution in [2.24, 2.45) is 5.92 Å². The third-order valence-corrected chi connectivity index (χ3v) is 7.84. The van der Waals surface area contributed by atoms with Gasteiger partial charge in [-0.2, -0.15) is 0 Å². The number of hydrogen-bond donors (Lipinski definition) is 0. The normalized spacial score (nSPS) is 11.7. The number of ether oxygens (including phenoxy) is 1. The van der Waals surface area contributed by atoms with Crippen molar-refractivity contribution in [3.63, 3.8) is 0 Å². The first-order valence-electron chi connectivity index (χ1n) is 12.5. The van der Waals surface area contributed by atoms with Gasteiger partial charge in [0.2, 0.25) is 0 Å². The Morgan fingerprint density at radius 3 is 2.53 bits per heavy atom. The first kappa shape index (κ1) is 28.0. The molecule has 1 heterocycles. The Bertz CT molecular complexity index is 1140. The highest BCUT2D eigenvalue weighted by Gasteiger charge is 2.21. The number of imidazole rings is 1. The maximum Gasteiger partial charge on any atom is 0.259 e. The number of rotatable bonds is 12. The number of anilines is 2. The van der Waals surface area contributed by atoms with Gasteiger partial charge in [0.05, 0.1) is 29.2 Å². The predicted molar refractivity (Wildman–Crippen MR) is 153 cm³/mol. The van der Waals surface area contributed by atoms with E-state index in [9.17, 15) is 4.79 Å². The van der Waals surface area contributed by atoms with Gasteiger partial charge in [0.25, 0.3) is 5.91 Å². The van der Waals surface area contributed by atoms with E-state index in [0.717, 1.165) is 29.7 Å². The highest BCUT2D eigenvalue weighted by molar-refractivity contribution is 6.76. The molecule has 0 saturated heterocycles. The Hall–Kier alpha value is -2.61. The summed E-state index contributed by atoms with van der Waals surface area (Å²) in [5, 5.41) is 0.463. The first-order valence-corrected chi connectivity index (χ1v) is 16.6. The lowest BCUT2D eigenvalue weighted by Gasteiger charge is -2.27. The van der Waals surface area contributed by atoms with Crippen molar-refractivity contribution in [2.45, 2.75) is 52.8 Å². The molecule has 36 heavy (non-hydrogen) atoms. The first-order chi connectivity index (χ1) is 17.0. The molecule has 6 nitrogen and oxygen atoms in total. The Balaban J connectivity index is 1.70. The quantitative estimate of drug-likeness (QED) is 0.192. The van der Waals surface area contributed by atoms with E-state index >= 15 is 0 Å². The molecule has 2 aromatic carbocycles. The summed E-state index contributed by atoms with van der Waals surface area (Å²) in [6, 6.07) is 16.4. The maximum absolute atomic E-state index is 13.4. The van der Waals surface area contributed by atoms with E-state index in [1.165, 1.54) is 0 Å². The molecule has 0 aliphatic heterocycles. The van der Waals surface area contributed by atoms with E-state index in [2.05, 4.69) is 43.4 Å². The van der Waals surface area contributed by atoms with Crippen LogP contribution in [0.1, 0.15) is 29.9 Å². The number of halogens is 1. The van der Waals surface area contributed by atoms with Gasteiger partial charge in [-0.15, -0.1) is 0 Å². The van der Waals surface area contributed by atoms with Gasteiger partial charge in [0.15, 0.2) is 0 Å². The van der Waals surface area contributed by atoms with Crippen LogP contribution < -0.4 is 9.80 Å². The van der Waals surface area contributed by atoms with E-state index in [-0.39, 0.29) is 5.91 Å². The smallest absolute Gasteiger partial charge is 0.259 e. The minimum absolute atomic E-state index is 0.0954. The Kier molecular flexibility index (Phi) is 9.76. The van der Waals surface area contributed by atoms with Crippen LogP contribution in [0.25, 0.3) is 0 Å². The van der Waals surface area contributed by atoms with Gasteiger partial charge < -0.3 is 19.1 Å². The van der Waals surface area contributed by atoms with Crippen molar-refractivity contribution in [1.82, 2.24) is 9.55 Å². The molecule has 0 aliphatic carbocycles. The molecule has 0 unspecified atom stereocenters. The van der Waals surface area contributed by atoms with Gasteiger partial charge in [0.1, 0.15) is 6.73 Å². The van der Waals surface area contributed by atoms with Gasteiger partial charge in [-0.25, -0.2) is 4.98 Å². The molecule has 3 rings (SSSR count). The lowest BCUT2D eigenvalue weighted by atomic mass is 10.1. The summed E-state index contributed by atoms with van der Waals surface area (Å²) in [4.78, 5) is 21.9. The van der Waals surface area contributed by atoms with Crippen molar-refractivity contribution in [2.75, 3.05) is 30.0 Å². The molecule has 0 saturated carbocycles. The summed E-state index contributed by atoms with van der Waals surface area (Å²) in [6.07, 6.45) is 3.85. The van der Waals surface area contributed by atoms with E-state index in [4.69, 9.17) is 16.3 Å². The third-order valence-electron chi connectivity index (χ3n) is 5.80. The van der Waals surface area contributed by atoms with Crippen LogP contribution in [0.4, 0.5) is 11.4 Å². The van der Waals surface area contributed by atoms with Gasteiger partial charge in [-0.1, -0.05) is 63.3 Å². The van der Waals surface area contributed by atoms with Crippen molar-refractivity contribution < 1.29 is 9.53 Å². The fraction of sp³-hybridized carbons (Fsp3) is 0.429. The van der Waals surface area contributed by atoms with Gasteiger partial charge >= 0.3 is 0 Å². The zero-order chi connectivity index (χ0) is 26.3. The number of carbonyl (C=O) groups is 1. The molecule has 1 aromatic heterocycles. The monoisotopic (exact) mass is 526 g/mol. The van der Waals surface area contributed by atoms with Crippen LogP contribution in [0.3, 0.4) is 0 Å². The molecule has 0 atom stereocenters. The summed E-state index contributed by atoms with van der Waals surface area (Å²) in [6.45, 7) is 13.8. The van der Waals surface area contributed by atoms with Crippen LogP contribution in [-0.2, 0) is 18.0 Å². The van der Waals surface area contributed by atoms with Crippen LogP contribution in [-0.4, -0.2) is 43.7 Å². The Morgan fingerprint density at radius 1 is 1.11 bits per heavy atom. The summed E-state index contributed by atoms with van der Waals surface area (Å²) >= 11 is 6.35. The number of nitrogens with zero attached hydrogens (tertiary/aromatic N) is 4. The topological polar surface area (TPSA) is 50.6 Å². The van der Waals surface area contributed by atoms with E-state index in [0.29, 0.717) is 36.3 Å². The summed E-state index contributed by atoms with van der Waals surface area (Å²) in [7, 11) is 0.944. The zero-order valence-electron chi connectivity index (χ0n) is 22.4. The fourth-order valence-corrected chi connectivity index (χ4v) is 4.76. The van der Waals surface area contributed by atoms with Crippen molar-refractivity contribution >= 4 is 37.0 Å². The average Bonchev–Trinajstić information content (AvgIpc) is 3.26. The minimum Gasteiger partial charge on any atom is -0.369 e. The standard InChI is InChI=1S/C28H39ClN4O2Si/c1-22(2)17-33(28(34)26-12-7-8-13-27(26)29)25-11-9-10-24(16-25)31(3)18-23-19-32(20-30-23)21-35-14-15-36(4,5)6/h7-13,16,19-20,22H,14-15,17-18,21H2,1-6H3. The second-order valence-electron chi connectivity index (χ2n) is 10.9. The lowest BCUT2D eigenvalue weighted by molar-refractivity contribution is 0.0871. The van der Waals surface area contributed by atoms with Crippen LogP contribution >= 0.6 is 11.6 Å². The van der Waals surface area contributed by atoms with Crippen molar-refractivity contribution in [1.29, 1.82) is 0 Å². The molecule has 0 radical (unpaired) electrons. The maximum atomic E-state index is 13.4. The van der Waals surface area contributed by atoms with Crippen molar-refractivity contribution in [3.05, 3.63) is 77.3 Å². The second kappa shape index (κ2) is 12.6. The molecular weight excluding hydrogens is 488 g/mol. The molecular formula is C28H39ClN4O2Si. The van der Waals surface area contributed by atoms with Gasteiger partial charge in [-0.05, 0) is 42.3 Å². The highest BCUT2D eigenvalue weighted by Crippen LogP contribution is 2.27. The molecule has 194 valence electrons. The fourth-order valence-electron chi connectivity index (χ4n) is 3.79. The van der Waals surface area contributed by atoms with Crippen LogP contribution in [0.2, 0.25) is 30.7 Å². The number of benzene rings is 2. The molecule has 3 aromatic rings. The Morgan fingerprint density at radius 2 is 1.83 bits per heavy atom. The van der Waals surface area contributed by atoms with Crippen LogP contribution in [0.5, 0.6) is 0 Å². The van der Waals surface area contributed by atoms with Gasteiger partial charge in [-0.3, -0.25) is 4.79 Å². The second-order valence-corrected chi connectivity index (χ2v) is 16.9. The van der Waals surface area contributed by atoms with Crippen LogP contribution in [0.15, 0.2) is 61.1 Å². The third kappa shape index (κ3) is 8.22. The molecule has 0 fully saturated rings. The Labute approximate surface area is 221 Å². The largest absolute Gasteiger partial charge is 0.369 e. The lowest BCUT2D eigenvalue weighted by Crippen LogP contribution is -2.34. The molecule has 0 bridgehead atoms. The molecule has 8 heteroatoms. The van der Waals surface area contributed by atoms with E-state index < -0.39 is 8.07 Å². The number of hydrogen-bond acceptors (Lipinski definition) is 4.